The van der Waals surface area contributed by atoms with E-state index in [9.17, 15) is 25.0 Å². The summed E-state index contributed by atoms with van der Waals surface area (Å²) < 4.78 is 5.04. The number of nitrogens with one attached hydrogen (secondary N) is 1. The number of nitro benzene ring substituents is 2. The molecule has 2 atom stereocenters. The van der Waals surface area contributed by atoms with Crippen LogP contribution in [-0.4, -0.2) is 45.7 Å². The fraction of sp³-hybridized carbons (Fsp3) is 0.500. The van der Waals surface area contributed by atoms with Gasteiger partial charge in [0.25, 0.3) is 5.69 Å². The van der Waals surface area contributed by atoms with E-state index in [1.54, 1.807) is 11.8 Å². The minimum Gasteiger partial charge on any atom is -0.450 e. The van der Waals surface area contributed by atoms with Crippen molar-refractivity contribution in [1.82, 2.24) is 4.90 Å². The zero-order valence-electron chi connectivity index (χ0n) is 15.2. The van der Waals surface area contributed by atoms with Gasteiger partial charge in [0.05, 0.1) is 22.5 Å². The molecule has 1 heterocycles. The van der Waals surface area contributed by atoms with Gasteiger partial charge in [0.1, 0.15) is 5.69 Å². The first-order chi connectivity index (χ1) is 12.7. The summed E-state index contributed by atoms with van der Waals surface area (Å²) in [5.74, 6) is -0.0739. The largest absolute Gasteiger partial charge is 0.450 e. The van der Waals surface area contributed by atoms with Gasteiger partial charge >= 0.3 is 11.8 Å². The van der Waals surface area contributed by atoms with E-state index >= 15 is 0 Å². The monoisotopic (exact) mass is 379 g/mol. The van der Waals surface area contributed by atoms with Crippen molar-refractivity contribution in [3.8, 4) is 0 Å². The van der Waals surface area contributed by atoms with E-state index in [2.05, 4.69) is 10.5 Å². The van der Waals surface area contributed by atoms with Crippen molar-refractivity contribution < 1.29 is 19.4 Å². The van der Waals surface area contributed by atoms with E-state index in [4.69, 9.17) is 4.74 Å². The normalized spacial score (nSPS) is 21.0. The highest BCUT2D eigenvalue weighted by Crippen LogP contribution is 2.29. The molecule has 11 nitrogen and oxygen atoms in total. The minimum atomic E-state index is -0.703. The van der Waals surface area contributed by atoms with Crippen molar-refractivity contribution in [3.05, 3.63) is 38.4 Å². The maximum atomic E-state index is 12.0. The number of nitrogens with zero attached hydrogens (tertiary/aromatic N) is 4. The van der Waals surface area contributed by atoms with Gasteiger partial charge in [-0.15, -0.1) is 0 Å². The third-order valence-electron chi connectivity index (χ3n) is 4.29. The number of carbonyl (C=O) groups excluding carboxylic acids is 1. The molecule has 0 aliphatic carbocycles. The number of nitro groups is 2. The molecule has 1 N–H and O–H groups in total. The molecule has 1 saturated heterocycles. The van der Waals surface area contributed by atoms with Crippen LogP contribution in [0, 0.1) is 26.1 Å². The lowest BCUT2D eigenvalue weighted by atomic mass is 9.93. The number of non-ortho nitro benzene ring substituents is 1. The van der Waals surface area contributed by atoms with E-state index < -0.39 is 15.5 Å². The second-order valence-electron chi connectivity index (χ2n) is 6.24. The first-order valence-corrected chi connectivity index (χ1v) is 8.43. The van der Waals surface area contributed by atoms with Gasteiger partial charge < -0.3 is 9.64 Å². The molecule has 1 aliphatic heterocycles. The van der Waals surface area contributed by atoms with Crippen LogP contribution in [0.3, 0.4) is 0 Å². The van der Waals surface area contributed by atoms with Crippen LogP contribution in [0.4, 0.5) is 21.9 Å². The number of anilines is 1. The third kappa shape index (κ3) is 4.68. The van der Waals surface area contributed by atoms with Crippen molar-refractivity contribution >= 4 is 28.9 Å². The molecule has 2 rings (SSSR count). The van der Waals surface area contributed by atoms with Gasteiger partial charge in [0.2, 0.25) is 0 Å². The third-order valence-corrected chi connectivity index (χ3v) is 4.29. The Hall–Kier alpha value is -3.24. The molecule has 1 aromatic carbocycles. The van der Waals surface area contributed by atoms with Crippen LogP contribution in [0.5, 0.6) is 0 Å². The second kappa shape index (κ2) is 8.43. The SMILES string of the molecule is CCOC(=O)N1CC(C)/C(=N\Nc2ccc([N+](=O)[O-])cc2[N+](=O)[O-])CC1C. The Balaban J connectivity index is 2.17. The highest BCUT2D eigenvalue weighted by Gasteiger charge is 2.32. The van der Waals surface area contributed by atoms with Crippen LogP contribution in [0.1, 0.15) is 27.2 Å². The van der Waals surface area contributed by atoms with E-state index in [-0.39, 0.29) is 29.4 Å². The summed E-state index contributed by atoms with van der Waals surface area (Å²) in [7, 11) is 0. The maximum absolute atomic E-state index is 12.0. The fourth-order valence-corrected chi connectivity index (χ4v) is 2.82. The molecule has 0 spiro atoms. The van der Waals surface area contributed by atoms with Gasteiger partial charge in [-0.3, -0.25) is 25.7 Å². The number of amides is 1. The van der Waals surface area contributed by atoms with Crippen LogP contribution in [0.25, 0.3) is 0 Å². The maximum Gasteiger partial charge on any atom is 0.410 e. The summed E-state index contributed by atoms with van der Waals surface area (Å²) >= 11 is 0. The molecular weight excluding hydrogens is 358 g/mol. The number of rotatable bonds is 5. The Bertz CT molecular complexity index is 781. The summed E-state index contributed by atoms with van der Waals surface area (Å²) in [6.45, 7) is 6.21. The van der Waals surface area contributed by atoms with E-state index in [0.29, 0.717) is 19.6 Å². The molecule has 0 aromatic heterocycles. The molecule has 1 fully saturated rings. The number of hydrogen-bond donors (Lipinski definition) is 1. The van der Waals surface area contributed by atoms with Crippen LogP contribution in [-0.2, 0) is 4.74 Å². The molecule has 0 radical (unpaired) electrons. The van der Waals surface area contributed by atoms with Crippen molar-refractivity contribution in [1.29, 1.82) is 0 Å². The highest BCUT2D eigenvalue weighted by molar-refractivity contribution is 5.90. The molecule has 1 amide bonds. The Morgan fingerprint density at radius 3 is 2.63 bits per heavy atom. The van der Waals surface area contributed by atoms with E-state index in [0.717, 1.165) is 11.8 Å². The number of ether oxygens (including phenoxy) is 1. The summed E-state index contributed by atoms with van der Waals surface area (Å²) in [6, 6.07) is 3.18. The van der Waals surface area contributed by atoms with Gasteiger partial charge in [0, 0.05) is 36.7 Å². The smallest absolute Gasteiger partial charge is 0.410 e. The molecule has 1 aromatic rings. The Labute approximate surface area is 155 Å². The van der Waals surface area contributed by atoms with Crippen LogP contribution in [0.15, 0.2) is 23.3 Å². The molecule has 0 bridgehead atoms. The zero-order chi connectivity index (χ0) is 20.1. The Morgan fingerprint density at radius 2 is 2.04 bits per heavy atom. The van der Waals surface area contributed by atoms with Crippen LogP contribution in [0.2, 0.25) is 0 Å². The highest BCUT2D eigenvalue weighted by atomic mass is 16.6. The van der Waals surface area contributed by atoms with Gasteiger partial charge in [-0.2, -0.15) is 5.10 Å². The lowest BCUT2D eigenvalue weighted by molar-refractivity contribution is -0.393. The fourth-order valence-electron chi connectivity index (χ4n) is 2.82. The first kappa shape index (κ1) is 20.1. The molecule has 11 heteroatoms. The van der Waals surface area contributed by atoms with Gasteiger partial charge in [-0.05, 0) is 19.9 Å². The molecule has 1 aliphatic rings. The summed E-state index contributed by atoms with van der Waals surface area (Å²) in [5, 5.41) is 26.2. The van der Waals surface area contributed by atoms with Gasteiger partial charge in [-0.1, -0.05) is 6.92 Å². The number of hydrazone groups is 1. The predicted octanol–water partition coefficient (Wildman–Crippen LogP) is 3.16. The average Bonchev–Trinajstić information content (AvgIpc) is 2.61. The van der Waals surface area contributed by atoms with Crippen molar-refractivity contribution in [2.75, 3.05) is 18.6 Å². The number of benzene rings is 1. The minimum absolute atomic E-state index is 0.0609. The quantitative estimate of drug-likeness (QED) is 0.612. The lowest BCUT2D eigenvalue weighted by Crippen LogP contribution is -2.49. The Morgan fingerprint density at radius 1 is 1.33 bits per heavy atom. The standard InChI is InChI=1S/C16H21N5O6/c1-4-27-16(22)19-9-10(2)14(7-11(19)3)18-17-13-6-5-12(20(23)24)8-15(13)21(25)26/h5-6,8,10-11,17H,4,7,9H2,1-3H3/b18-14-. The lowest BCUT2D eigenvalue weighted by Gasteiger charge is -2.36. The number of piperidine rings is 1. The molecule has 0 saturated carbocycles. The van der Waals surface area contributed by atoms with Gasteiger partial charge in [0.15, 0.2) is 0 Å². The van der Waals surface area contributed by atoms with Crippen molar-refractivity contribution in [2.45, 2.75) is 33.2 Å². The van der Waals surface area contributed by atoms with E-state index in [1.807, 2.05) is 13.8 Å². The molecule has 2 unspecified atom stereocenters. The van der Waals surface area contributed by atoms with Crippen molar-refractivity contribution in [2.24, 2.45) is 11.0 Å². The van der Waals surface area contributed by atoms with Gasteiger partial charge in [-0.25, -0.2) is 4.79 Å². The first-order valence-electron chi connectivity index (χ1n) is 8.43. The number of carbonyl (C=O) groups is 1. The zero-order valence-corrected chi connectivity index (χ0v) is 15.2. The summed E-state index contributed by atoms with van der Waals surface area (Å²) in [5.41, 5.74) is 2.64. The van der Waals surface area contributed by atoms with E-state index in [1.165, 1.54) is 12.1 Å². The molecular formula is C16H21N5O6. The summed E-state index contributed by atoms with van der Waals surface area (Å²) in [6.07, 6.45) is 0.100. The topological polar surface area (TPSA) is 140 Å². The predicted molar refractivity (Wildman–Crippen MR) is 97.8 cm³/mol. The molecule has 146 valence electrons. The Kier molecular flexibility index (Phi) is 6.27. The summed E-state index contributed by atoms with van der Waals surface area (Å²) in [4.78, 5) is 34.2. The number of hydrogen-bond acceptors (Lipinski definition) is 8. The van der Waals surface area contributed by atoms with Crippen LogP contribution < -0.4 is 5.43 Å². The van der Waals surface area contributed by atoms with Crippen molar-refractivity contribution in [3.63, 3.8) is 0 Å². The van der Waals surface area contributed by atoms with Crippen LogP contribution >= 0.6 is 0 Å². The molecule has 27 heavy (non-hydrogen) atoms. The average molecular weight is 379 g/mol. The number of likely N-dealkylation sites (tertiary alicyclic amines) is 1. The second-order valence-corrected chi connectivity index (χ2v) is 6.24.